The summed E-state index contributed by atoms with van der Waals surface area (Å²) in [5.41, 5.74) is -0.195. The van der Waals surface area contributed by atoms with Gasteiger partial charge < -0.3 is 9.47 Å². The van der Waals surface area contributed by atoms with Crippen LogP contribution in [-0.2, 0) is 9.47 Å². The average Bonchev–Trinajstić information content (AvgIpc) is 2.27. The summed E-state index contributed by atoms with van der Waals surface area (Å²) >= 11 is 0. The molecule has 1 aliphatic rings. The first-order valence-corrected chi connectivity index (χ1v) is 5.91. The van der Waals surface area contributed by atoms with Gasteiger partial charge in [-0.2, -0.15) is 0 Å². The highest BCUT2D eigenvalue weighted by atomic mass is 16.5. The van der Waals surface area contributed by atoms with Crippen LogP contribution >= 0.6 is 0 Å². The first-order chi connectivity index (χ1) is 7.45. The van der Waals surface area contributed by atoms with Crippen molar-refractivity contribution in [3.8, 4) is 12.3 Å². The Morgan fingerprint density at radius 1 is 1.56 bits per heavy atom. The lowest BCUT2D eigenvalue weighted by Gasteiger charge is -2.40. The molecule has 1 atom stereocenters. The van der Waals surface area contributed by atoms with Gasteiger partial charge in [-0.1, -0.05) is 5.92 Å². The lowest BCUT2D eigenvalue weighted by atomic mass is 10.0. The zero-order chi connectivity index (χ0) is 12.2. The van der Waals surface area contributed by atoms with Gasteiger partial charge in [0.1, 0.15) is 0 Å². The van der Waals surface area contributed by atoms with Crippen molar-refractivity contribution >= 4 is 0 Å². The zero-order valence-electron chi connectivity index (χ0n) is 10.8. The summed E-state index contributed by atoms with van der Waals surface area (Å²) < 4.78 is 11.2. The quantitative estimate of drug-likeness (QED) is 0.677. The van der Waals surface area contributed by atoms with E-state index in [-0.39, 0.29) is 17.7 Å². The molecule has 3 heteroatoms. The van der Waals surface area contributed by atoms with E-state index in [0.29, 0.717) is 6.61 Å². The normalized spacial score (nSPS) is 23.4. The van der Waals surface area contributed by atoms with Crippen LogP contribution in [0.15, 0.2) is 0 Å². The summed E-state index contributed by atoms with van der Waals surface area (Å²) in [6.45, 7) is 11.3. The van der Waals surface area contributed by atoms with E-state index in [1.54, 1.807) is 0 Å². The molecule has 1 unspecified atom stereocenters. The van der Waals surface area contributed by atoms with Gasteiger partial charge in [-0.15, -0.1) is 6.42 Å². The lowest BCUT2D eigenvalue weighted by molar-refractivity contribution is -0.0925. The van der Waals surface area contributed by atoms with E-state index >= 15 is 0 Å². The minimum absolute atomic E-state index is 0.142. The topological polar surface area (TPSA) is 21.7 Å². The molecule has 92 valence electrons. The van der Waals surface area contributed by atoms with Crippen molar-refractivity contribution in [1.29, 1.82) is 0 Å². The van der Waals surface area contributed by atoms with Gasteiger partial charge in [0.25, 0.3) is 0 Å². The molecule has 0 spiro atoms. The van der Waals surface area contributed by atoms with E-state index in [4.69, 9.17) is 15.9 Å². The second-order valence-corrected chi connectivity index (χ2v) is 5.02. The van der Waals surface area contributed by atoms with Crippen LogP contribution in [0.2, 0.25) is 0 Å². The predicted molar refractivity (Wildman–Crippen MR) is 65.3 cm³/mol. The molecule has 1 fully saturated rings. The fraction of sp³-hybridized carbons (Fsp3) is 0.846. The molecule has 1 rings (SSSR count). The molecule has 0 saturated carbocycles. The maximum Gasteiger partial charge on any atom is 0.0936 e. The van der Waals surface area contributed by atoms with Gasteiger partial charge in [0.2, 0.25) is 0 Å². The molecule has 0 amide bonds. The Kier molecular flexibility index (Phi) is 4.79. The third kappa shape index (κ3) is 3.79. The van der Waals surface area contributed by atoms with Gasteiger partial charge in [-0.3, -0.25) is 4.90 Å². The number of nitrogens with zero attached hydrogens (tertiary/aromatic N) is 1. The maximum atomic E-state index is 5.66. The van der Waals surface area contributed by atoms with Gasteiger partial charge in [-0.25, -0.2) is 0 Å². The molecule has 0 aromatic rings. The van der Waals surface area contributed by atoms with Gasteiger partial charge in [0.05, 0.1) is 31.0 Å². The van der Waals surface area contributed by atoms with Gasteiger partial charge in [-0.05, 0) is 27.7 Å². The Labute approximate surface area is 99.1 Å². The van der Waals surface area contributed by atoms with E-state index in [9.17, 15) is 0 Å². The smallest absolute Gasteiger partial charge is 0.0936 e. The number of rotatable bonds is 4. The summed E-state index contributed by atoms with van der Waals surface area (Å²) in [6.07, 6.45) is 5.93. The molecular formula is C13H23NO2. The van der Waals surface area contributed by atoms with Crippen LogP contribution in [-0.4, -0.2) is 49.0 Å². The highest BCUT2D eigenvalue weighted by Crippen LogP contribution is 2.17. The molecule has 0 bridgehead atoms. The Bertz CT molecular complexity index is 255. The number of ether oxygens (including phenoxy) is 2. The zero-order valence-corrected chi connectivity index (χ0v) is 10.8. The number of morpholine rings is 1. The molecule has 0 aromatic carbocycles. The van der Waals surface area contributed by atoms with Crippen molar-refractivity contribution < 1.29 is 9.47 Å². The Morgan fingerprint density at radius 2 is 2.25 bits per heavy atom. The van der Waals surface area contributed by atoms with E-state index in [2.05, 4.69) is 24.7 Å². The maximum absolute atomic E-state index is 5.66. The van der Waals surface area contributed by atoms with Crippen molar-refractivity contribution in [2.75, 3.05) is 26.3 Å². The first kappa shape index (κ1) is 13.5. The number of hydrogen-bond acceptors (Lipinski definition) is 3. The molecule has 1 saturated heterocycles. The van der Waals surface area contributed by atoms with Gasteiger partial charge >= 0.3 is 0 Å². The van der Waals surface area contributed by atoms with Crippen molar-refractivity contribution in [3.05, 3.63) is 0 Å². The predicted octanol–water partition coefficient (Wildman–Crippen LogP) is 1.52. The molecular weight excluding hydrogens is 202 g/mol. The van der Waals surface area contributed by atoms with Crippen molar-refractivity contribution in [3.63, 3.8) is 0 Å². The summed E-state index contributed by atoms with van der Waals surface area (Å²) in [4.78, 5) is 2.28. The number of hydrogen-bond donors (Lipinski definition) is 0. The van der Waals surface area contributed by atoms with Gasteiger partial charge in [0.15, 0.2) is 0 Å². The second kappa shape index (κ2) is 5.67. The highest BCUT2D eigenvalue weighted by Gasteiger charge is 2.30. The van der Waals surface area contributed by atoms with Crippen LogP contribution in [0.1, 0.15) is 27.7 Å². The molecule has 1 aliphatic heterocycles. The van der Waals surface area contributed by atoms with Crippen LogP contribution < -0.4 is 0 Å². The summed E-state index contributed by atoms with van der Waals surface area (Å²) in [7, 11) is 0. The molecule has 3 nitrogen and oxygen atoms in total. The fourth-order valence-electron chi connectivity index (χ4n) is 1.72. The summed E-state index contributed by atoms with van der Waals surface area (Å²) in [5.74, 6) is 2.83. The van der Waals surface area contributed by atoms with Crippen molar-refractivity contribution in [2.24, 2.45) is 0 Å². The monoisotopic (exact) mass is 225 g/mol. The highest BCUT2D eigenvalue weighted by molar-refractivity contribution is 5.09. The van der Waals surface area contributed by atoms with Crippen molar-refractivity contribution in [1.82, 2.24) is 4.90 Å². The van der Waals surface area contributed by atoms with E-state index in [1.807, 2.05) is 13.8 Å². The standard InChI is InChI=1S/C13H23NO2/c1-6-13(4,5)14-7-8-15-12(9-14)10-16-11(2)3/h1,11-12H,7-10H2,2-5H3. The molecule has 0 aliphatic carbocycles. The largest absolute Gasteiger partial charge is 0.376 e. The lowest BCUT2D eigenvalue weighted by Crippen LogP contribution is -2.53. The Balaban J connectivity index is 2.45. The van der Waals surface area contributed by atoms with E-state index < -0.39 is 0 Å². The van der Waals surface area contributed by atoms with E-state index in [0.717, 1.165) is 19.7 Å². The molecule has 0 radical (unpaired) electrons. The summed E-state index contributed by atoms with van der Waals surface area (Å²) in [5, 5.41) is 0. The second-order valence-electron chi connectivity index (χ2n) is 5.02. The van der Waals surface area contributed by atoms with Crippen LogP contribution in [0.25, 0.3) is 0 Å². The molecule has 0 aromatic heterocycles. The van der Waals surface area contributed by atoms with Crippen LogP contribution in [0.4, 0.5) is 0 Å². The molecule has 1 heterocycles. The number of terminal acetylenes is 1. The average molecular weight is 225 g/mol. The van der Waals surface area contributed by atoms with Crippen LogP contribution in [0.5, 0.6) is 0 Å². The fourth-order valence-corrected chi connectivity index (χ4v) is 1.72. The Hall–Kier alpha value is -0.560. The third-order valence-corrected chi connectivity index (χ3v) is 2.90. The minimum Gasteiger partial charge on any atom is -0.376 e. The van der Waals surface area contributed by atoms with Gasteiger partial charge in [0, 0.05) is 13.1 Å². The molecule has 0 N–H and O–H groups in total. The van der Waals surface area contributed by atoms with Crippen LogP contribution in [0, 0.1) is 12.3 Å². The van der Waals surface area contributed by atoms with E-state index in [1.165, 1.54) is 0 Å². The SMILES string of the molecule is C#CC(C)(C)N1CCOC(COC(C)C)C1. The Morgan fingerprint density at radius 3 is 2.81 bits per heavy atom. The minimum atomic E-state index is -0.195. The van der Waals surface area contributed by atoms with Crippen molar-refractivity contribution in [2.45, 2.75) is 45.4 Å². The van der Waals surface area contributed by atoms with Crippen LogP contribution in [0.3, 0.4) is 0 Å². The first-order valence-electron chi connectivity index (χ1n) is 5.91. The summed E-state index contributed by atoms with van der Waals surface area (Å²) in [6, 6.07) is 0. The molecule has 16 heavy (non-hydrogen) atoms. The third-order valence-electron chi connectivity index (χ3n) is 2.90.